The zero-order valence-corrected chi connectivity index (χ0v) is 12.2. The van der Waals surface area contributed by atoms with Crippen molar-refractivity contribution in [2.24, 2.45) is 5.92 Å². The molecule has 0 aliphatic carbocycles. The highest BCUT2D eigenvalue weighted by Gasteiger charge is 2.04. The second-order valence-corrected chi connectivity index (χ2v) is 5.37. The van der Waals surface area contributed by atoms with Gasteiger partial charge in [0.2, 0.25) is 0 Å². The molecular formula is C12H20BrN3O. The summed E-state index contributed by atoms with van der Waals surface area (Å²) in [5.41, 5.74) is 0.724. The molecule has 1 aromatic heterocycles. The average molecular weight is 302 g/mol. The molecule has 0 aromatic carbocycles. The first-order chi connectivity index (χ1) is 8.02. The predicted octanol–water partition coefficient (Wildman–Crippen LogP) is 1.95. The van der Waals surface area contributed by atoms with Crippen molar-refractivity contribution in [3.8, 4) is 0 Å². The van der Waals surface area contributed by atoms with Crippen LogP contribution in [0.2, 0.25) is 0 Å². The van der Waals surface area contributed by atoms with E-state index in [-0.39, 0.29) is 5.56 Å². The second-order valence-electron chi connectivity index (χ2n) is 4.58. The van der Waals surface area contributed by atoms with Gasteiger partial charge in [-0.15, -0.1) is 0 Å². The lowest BCUT2D eigenvalue weighted by Crippen LogP contribution is -2.28. The number of hydrogen-bond acceptors (Lipinski definition) is 3. The zero-order chi connectivity index (χ0) is 12.8. The van der Waals surface area contributed by atoms with E-state index in [1.54, 1.807) is 10.9 Å². The summed E-state index contributed by atoms with van der Waals surface area (Å²) in [4.78, 5) is 16.0. The van der Waals surface area contributed by atoms with Gasteiger partial charge in [0.25, 0.3) is 5.56 Å². The number of hydrogen-bond donors (Lipinski definition) is 1. The standard InChI is InChI=1S/C12H20BrN3O/c1-9(2)4-5-14-6-7-16-8-15-10(3)11(13)12(16)17/h8-9,14H,4-7H2,1-3H3. The van der Waals surface area contributed by atoms with E-state index in [9.17, 15) is 4.79 Å². The molecule has 1 rings (SSSR count). The largest absolute Gasteiger partial charge is 0.315 e. The molecule has 0 aliphatic rings. The molecule has 0 fully saturated rings. The Morgan fingerprint density at radius 2 is 2.18 bits per heavy atom. The van der Waals surface area contributed by atoms with Crippen LogP contribution in [0.25, 0.3) is 0 Å². The Kier molecular flexibility index (Phi) is 5.85. The lowest BCUT2D eigenvalue weighted by molar-refractivity contribution is 0.513. The van der Waals surface area contributed by atoms with Crippen molar-refractivity contribution in [2.75, 3.05) is 13.1 Å². The number of nitrogens with one attached hydrogen (secondary N) is 1. The Morgan fingerprint density at radius 3 is 2.82 bits per heavy atom. The zero-order valence-electron chi connectivity index (χ0n) is 10.7. The molecule has 17 heavy (non-hydrogen) atoms. The third-order valence-corrected chi connectivity index (χ3v) is 3.50. The molecule has 1 N–H and O–H groups in total. The van der Waals surface area contributed by atoms with Crippen LogP contribution in [-0.4, -0.2) is 22.6 Å². The van der Waals surface area contributed by atoms with Gasteiger partial charge in [0, 0.05) is 13.1 Å². The van der Waals surface area contributed by atoms with Crippen LogP contribution in [0, 0.1) is 12.8 Å². The quantitative estimate of drug-likeness (QED) is 0.817. The molecule has 1 aromatic rings. The van der Waals surface area contributed by atoms with Crippen LogP contribution in [0.1, 0.15) is 26.0 Å². The van der Waals surface area contributed by atoms with Crippen LogP contribution in [0.15, 0.2) is 15.6 Å². The van der Waals surface area contributed by atoms with Crippen LogP contribution >= 0.6 is 15.9 Å². The Labute approximate surface area is 111 Å². The molecule has 4 nitrogen and oxygen atoms in total. The van der Waals surface area contributed by atoms with Crippen LogP contribution in [0.5, 0.6) is 0 Å². The smallest absolute Gasteiger partial charge is 0.267 e. The van der Waals surface area contributed by atoms with Crippen molar-refractivity contribution < 1.29 is 0 Å². The molecule has 0 saturated carbocycles. The number of nitrogens with zero attached hydrogens (tertiary/aromatic N) is 2. The lowest BCUT2D eigenvalue weighted by atomic mass is 10.1. The molecule has 0 amide bonds. The van der Waals surface area contributed by atoms with E-state index in [1.807, 2.05) is 6.92 Å². The Bertz CT molecular complexity index is 415. The molecule has 0 atom stereocenters. The molecule has 0 bridgehead atoms. The molecule has 1 heterocycles. The van der Waals surface area contributed by atoms with E-state index in [0.717, 1.165) is 25.2 Å². The molecule has 0 aliphatic heterocycles. The highest BCUT2D eigenvalue weighted by molar-refractivity contribution is 9.10. The molecule has 5 heteroatoms. The summed E-state index contributed by atoms with van der Waals surface area (Å²) in [5.74, 6) is 0.709. The van der Waals surface area contributed by atoms with Gasteiger partial charge in [-0.05, 0) is 41.7 Å². The summed E-state index contributed by atoms with van der Waals surface area (Å²) < 4.78 is 2.18. The normalized spacial score (nSPS) is 11.1. The first-order valence-electron chi connectivity index (χ1n) is 5.94. The summed E-state index contributed by atoms with van der Waals surface area (Å²) >= 11 is 3.26. The van der Waals surface area contributed by atoms with Crippen molar-refractivity contribution in [2.45, 2.75) is 33.7 Å². The minimum Gasteiger partial charge on any atom is -0.315 e. The SMILES string of the molecule is Cc1ncn(CCNCCC(C)C)c(=O)c1Br. The lowest BCUT2D eigenvalue weighted by Gasteiger charge is -2.09. The van der Waals surface area contributed by atoms with Gasteiger partial charge < -0.3 is 5.32 Å². The molecule has 0 radical (unpaired) electrons. The van der Waals surface area contributed by atoms with Gasteiger partial charge in [-0.25, -0.2) is 4.98 Å². The summed E-state index contributed by atoms with van der Waals surface area (Å²) in [6.07, 6.45) is 2.76. The van der Waals surface area contributed by atoms with Gasteiger partial charge in [-0.1, -0.05) is 13.8 Å². The number of aromatic nitrogens is 2. The minimum atomic E-state index is -0.0110. The van der Waals surface area contributed by atoms with Gasteiger partial charge in [-0.3, -0.25) is 9.36 Å². The topological polar surface area (TPSA) is 46.9 Å². The van der Waals surface area contributed by atoms with Crippen LogP contribution in [0.4, 0.5) is 0 Å². The van der Waals surface area contributed by atoms with E-state index in [1.165, 1.54) is 0 Å². The molecule has 0 saturated heterocycles. The maximum Gasteiger partial charge on any atom is 0.267 e. The number of aryl methyl sites for hydroxylation is 1. The van der Waals surface area contributed by atoms with Crippen LogP contribution in [-0.2, 0) is 6.54 Å². The Morgan fingerprint density at radius 1 is 1.47 bits per heavy atom. The summed E-state index contributed by atoms with van der Waals surface area (Å²) in [5, 5.41) is 3.32. The van der Waals surface area contributed by atoms with Gasteiger partial charge in [0.05, 0.1) is 12.0 Å². The monoisotopic (exact) mass is 301 g/mol. The van der Waals surface area contributed by atoms with E-state index in [4.69, 9.17) is 0 Å². The van der Waals surface area contributed by atoms with Crippen LogP contribution in [0.3, 0.4) is 0 Å². The minimum absolute atomic E-state index is 0.0110. The first kappa shape index (κ1) is 14.4. The number of rotatable bonds is 6. The van der Waals surface area contributed by atoms with Gasteiger partial charge in [-0.2, -0.15) is 0 Å². The second kappa shape index (κ2) is 6.91. The van der Waals surface area contributed by atoms with Gasteiger partial charge in [0.15, 0.2) is 0 Å². The third-order valence-electron chi connectivity index (χ3n) is 2.58. The van der Waals surface area contributed by atoms with Crippen LogP contribution < -0.4 is 10.9 Å². The Hall–Kier alpha value is -0.680. The Balaban J connectivity index is 2.43. The van der Waals surface area contributed by atoms with Crippen molar-refractivity contribution >= 4 is 15.9 Å². The summed E-state index contributed by atoms with van der Waals surface area (Å²) in [6.45, 7) is 8.66. The van der Waals surface area contributed by atoms with Crippen molar-refractivity contribution in [1.82, 2.24) is 14.9 Å². The van der Waals surface area contributed by atoms with Crippen molar-refractivity contribution in [3.63, 3.8) is 0 Å². The average Bonchev–Trinajstić information content (AvgIpc) is 2.28. The van der Waals surface area contributed by atoms with E-state index in [0.29, 0.717) is 16.9 Å². The third kappa shape index (κ3) is 4.60. The molecular weight excluding hydrogens is 282 g/mol. The predicted molar refractivity (Wildman–Crippen MR) is 73.3 cm³/mol. The van der Waals surface area contributed by atoms with Gasteiger partial charge >= 0.3 is 0 Å². The number of halogens is 1. The van der Waals surface area contributed by atoms with Crippen molar-refractivity contribution in [1.29, 1.82) is 0 Å². The molecule has 96 valence electrons. The van der Waals surface area contributed by atoms with E-state index < -0.39 is 0 Å². The maximum absolute atomic E-state index is 11.8. The first-order valence-corrected chi connectivity index (χ1v) is 6.74. The highest BCUT2D eigenvalue weighted by atomic mass is 79.9. The fourth-order valence-electron chi connectivity index (χ4n) is 1.42. The fourth-order valence-corrected chi connectivity index (χ4v) is 1.75. The fraction of sp³-hybridized carbons (Fsp3) is 0.667. The highest BCUT2D eigenvalue weighted by Crippen LogP contribution is 2.05. The molecule has 0 spiro atoms. The van der Waals surface area contributed by atoms with E-state index in [2.05, 4.69) is 40.1 Å². The molecule has 0 unspecified atom stereocenters. The van der Waals surface area contributed by atoms with Gasteiger partial charge in [0.1, 0.15) is 4.47 Å². The summed E-state index contributed by atoms with van der Waals surface area (Å²) in [6, 6.07) is 0. The maximum atomic E-state index is 11.8. The summed E-state index contributed by atoms with van der Waals surface area (Å²) in [7, 11) is 0. The van der Waals surface area contributed by atoms with Crippen molar-refractivity contribution in [3.05, 3.63) is 26.8 Å². The van der Waals surface area contributed by atoms with E-state index >= 15 is 0 Å².